The Morgan fingerprint density at radius 1 is 1.10 bits per heavy atom. The molecule has 4 rings (SSSR count). The van der Waals surface area contributed by atoms with Crippen molar-refractivity contribution in [2.45, 2.75) is 31.7 Å². The van der Waals surface area contributed by atoms with Gasteiger partial charge in [0.1, 0.15) is 15.8 Å². The minimum Gasteiger partial charge on any atom is -0.334 e. The fourth-order valence-corrected chi connectivity index (χ4v) is 4.53. The first-order valence-electron chi connectivity index (χ1n) is 9.81. The van der Waals surface area contributed by atoms with E-state index in [0.717, 1.165) is 41.4 Å². The van der Waals surface area contributed by atoms with Gasteiger partial charge in [0.15, 0.2) is 0 Å². The summed E-state index contributed by atoms with van der Waals surface area (Å²) in [5, 5.41) is 13.7. The number of carbonyl (C=O) groups is 1. The van der Waals surface area contributed by atoms with Crippen molar-refractivity contribution in [2.24, 2.45) is 0 Å². The minimum absolute atomic E-state index is 0.0898. The molecule has 3 aromatic rings. The summed E-state index contributed by atoms with van der Waals surface area (Å²) >= 11 is 1.64. The average Bonchev–Trinajstić information content (AvgIpc) is 3.22. The van der Waals surface area contributed by atoms with Crippen LogP contribution in [0.2, 0.25) is 0 Å². The zero-order valence-electron chi connectivity index (χ0n) is 16.1. The average molecular weight is 411 g/mol. The molecule has 29 heavy (non-hydrogen) atoms. The van der Waals surface area contributed by atoms with Gasteiger partial charge in [0, 0.05) is 32.0 Å². The maximum atomic E-state index is 13.0. The summed E-state index contributed by atoms with van der Waals surface area (Å²) in [6.45, 7) is 1.77. The van der Waals surface area contributed by atoms with Crippen LogP contribution in [0.5, 0.6) is 0 Å². The van der Waals surface area contributed by atoms with Gasteiger partial charge in [-0.2, -0.15) is 0 Å². The zero-order valence-corrected chi connectivity index (χ0v) is 16.9. The van der Waals surface area contributed by atoms with E-state index >= 15 is 0 Å². The predicted molar refractivity (Wildman–Crippen MR) is 111 cm³/mol. The molecule has 7 heteroatoms. The van der Waals surface area contributed by atoms with Crippen LogP contribution in [0.4, 0.5) is 9.18 Å². The van der Waals surface area contributed by atoms with E-state index in [9.17, 15) is 9.18 Å². The molecule has 0 aliphatic carbocycles. The number of hydrogen-bond donors (Lipinski definition) is 1. The maximum absolute atomic E-state index is 13.0. The van der Waals surface area contributed by atoms with Crippen LogP contribution in [0, 0.1) is 5.82 Å². The number of piperidine rings is 1. The van der Waals surface area contributed by atoms with Crippen molar-refractivity contribution in [3.8, 4) is 0 Å². The standard InChI is InChI=1S/C22H23FN4OS/c23-19-10-8-17(9-11-19)14-24-22(28)27-12-4-7-18(15-27)21-26-25-20(29-21)13-16-5-2-1-3-6-16/h1-3,5-6,8-11,18H,4,7,12-15H2,(H,24,28). The van der Waals surface area contributed by atoms with Crippen molar-refractivity contribution in [3.63, 3.8) is 0 Å². The van der Waals surface area contributed by atoms with Gasteiger partial charge in [0.25, 0.3) is 0 Å². The van der Waals surface area contributed by atoms with Crippen LogP contribution in [0.1, 0.15) is 39.9 Å². The van der Waals surface area contributed by atoms with E-state index in [2.05, 4.69) is 27.6 Å². The molecular weight excluding hydrogens is 387 g/mol. The largest absolute Gasteiger partial charge is 0.334 e. The highest BCUT2D eigenvalue weighted by molar-refractivity contribution is 7.11. The van der Waals surface area contributed by atoms with Crippen LogP contribution in [-0.2, 0) is 13.0 Å². The molecule has 0 saturated carbocycles. The summed E-state index contributed by atoms with van der Waals surface area (Å²) in [5.74, 6) is -0.0509. The van der Waals surface area contributed by atoms with Gasteiger partial charge in [-0.3, -0.25) is 0 Å². The first-order valence-corrected chi connectivity index (χ1v) is 10.6. The Balaban J connectivity index is 1.33. The molecule has 1 aliphatic heterocycles. The Morgan fingerprint density at radius 3 is 2.69 bits per heavy atom. The summed E-state index contributed by atoms with van der Waals surface area (Å²) in [6.07, 6.45) is 2.75. The van der Waals surface area contributed by atoms with E-state index < -0.39 is 0 Å². The van der Waals surface area contributed by atoms with E-state index in [-0.39, 0.29) is 17.8 Å². The van der Waals surface area contributed by atoms with Crippen LogP contribution < -0.4 is 5.32 Å². The summed E-state index contributed by atoms with van der Waals surface area (Å²) in [4.78, 5) is 14.4. The van der Waals surface area contributed by atoms with Gasteiger partial charge in [0.2, 0.25) is 0 Å². The normalized spacial score (nSPS) is 16.6. The van der Waals surface area contributed by atoms with E-state index in [4.69, 9.17) is 0 Å². The molecule has 1 atom stereocenters. The Morgan fingerprint density at radius 2 is 1.90 bits per heavy atom. The van der Waals surface area contributed by atoms with E-state index in [1.807, 2.05) is 23.1 Å². The number of amides is 2. The van der Waals surface area contributed by atoms with Crippen molar-refractivity contribution >= 4 is 17.4 Å². The summed E-state index contributed by atoms with van der Waals surface area (Å²) < 4.78 is 13.0. The van der Waals surface area contributed by atoms with E-state index in [1.165, 1.54) is 17.7 Å². The molecule has 150 valence electrons. The number of likely N-dealkylation sites (tertiary alicyclic amines) is 1. The molecule has 2 amide bonds. The number of aromatic nitrogens is 2. The van der Waals surface area contributed by atoms with Crippen LogP contribution >= 0.6 is 11.3 Å². The fourth-order valence-electron chi connectivity index (χ4n) is 3.53. The third kappa shape index (κ3) is 5.17. The molecule has 1 unspecified atom stereocenters. The number of nitrogens with zero attached hydrogens (tertiary/aromatic N) is 3. The molecule has 1 aliphatic rings. The molecule has 1 N–H and O–H groups in total. The monoisotopic (exact) mass is 410 g/mol. The second-order valence-electron chi connectivity index (χ2n) is 7.27. The minimum atomic E-state index is -0.275. The molecule has 1 saturated heterocycles. The number of urea groups is 1. The number of halogens is 1. The van der Waals surface area contributed by atoms with Crippen molar-refractivity contribution in [2.75, 3.05) is 13.1 Å². The number of benzene rings is 2. The summed E-state index contributed by atoms with van der Waals surface area (Å²) in [6, 6.07) is 16.3. The van der Waals surface area contributed by atoms with Crippen molar-refractivity contribution in [1.82, 2.24) is 20.4 Å². The molecule has 0 spiro atoms. The van der Waals surface area contributed by atoms with Crippen LogP contribution in [0.15, 0.2) is 54.6 Å². The van der Waals surface area contributed by atoms with Crippen molar-refractivity contribution < 1.29 is 9.18 Å². The van der Waals surface area contributed by atoms with Gasteiger partial charge in [-0.05, 0) is 36.1 Å². The molecule has 0 bridgehead atoms. The Hall–Kier alpha value is -2.80. The number of rotatable bonds is 5. The van der Waals surface area contributed by atoms with Crippen LogP contribution in [0.25, 0.3) is 0 Å². The quantitative estimate of drug-likeness (QED) is 0.680. The third-order valence-corrected chi connectivity index (χ3v) is 6.18. The van der Waals surface area contributed by atoms with Gasteiger partial charge in [0.05, 0.1) is 0 Å². The molecular formula is C22H23FN4OS. The van der Waals surface area contributed by atoms with Crippen molar-refractivity contribution in [3.05, 3.63) is 81.6 Å². The molecule has 1 aromatic heterocycles. The highest BCUT2D eigenvalue weighted by Crippen LogP contribution is 2.29. The van der Waals surface area contributed by atoms with Gasteiger partial charge < -0.3 is 10.2 Å². The third-order valence-electron chi connectivity index (χ3n) is 5.10. The summed E-state index contributed by atoms with van der Waals surface area (Å²) in [5.41, 5.74) is 2.10. The Labute approximate surface area is 173 Å². The van der Waals surface area contributed by atoms with Crippen molar-refractivity contribution in [1.29, 1.82) is 0 Å². The highest BCUT2D eigenvalue weighted by atomic mass is 32.1. The highest BCUT2D eigenvalue weighted by Gasteiger charge is 2.27. The first kappa shape index (κ1) is 19.5. The number of nitrogens with one attached hydrogen (secondary N) is 1. The van der Waals surface area contributed by atoms with E-state index in [0.29, 0.717) is 13.1 Å². The molecule has 2 heterocycles. The van der Waals surface area contributed by atoms with Crippen LogP contribution in [-0.4, -0.2) is 34.2 Å². The molecule has 2 aromatic carbocycles. The number of hydrogen-bond acceptors (Lipinski definition) is 4. The van der Waals surface area contributed by atoms with E-state index in [1.54, 1.807) is 23.5 Å². The van der Waals surface area contributed by atoms with Gasteiger partial charge in [-0.25, -0.2) is 9.18 Å². The van der Waals surface area contributed by atoms with Crippen LogP contribution in [0.3, 0.4) is 0 Å². The van der Waals surface area contributed by atoms with Gasteiger partial charge >= 0.3 is 6.03 Å². The lowest BCUT2D eigenvalue weighted by molar-refractivity contribution is 0.179. The van der Waals surface area contributed by atoms with Gasteiger partial charge in [-0.15, -0.1) is 21.5 Å². The maximum Gasteiger partial charge on any atom is 0.317 e. The summed E-state index contributed by atoms with van der Waals surface area (Å²) in [7, 11) is 0. The molecule has 5 nitrogen and oxygen atoms in total. The zero-order chi connectivity index (χ0) is 20.1. The first-order chi connectivity index (χ1) is 14.2. The second kappa shape index (κ2) is 9.13. The molecule has 0 radical (unpaired) electrons. The Bertz CT molecular complexity index is 945. The molecule has 1 fully saturated rings. The SMILES string of the molecule is O=C(NCc1ccc(F)cc1)N1CCCC(c2nnc(Cc3ccccc3)s2)C1. The smallest absolute Gasteiger partial charge is 0.317 e. The number of carbonyl (C=O) groups excluding carboxylic acids is 1. The predicted octanol–water partition coefficient (Wildman–Crippen LogP) is 4.36. The topological polar surface area (TPSA) is 58.1 Å². The second-order valence-corrected chi connectivity index (χ2v) is 8.36. The lowest BCUT2D eigenvalue weighted by Gasteiger charge is -2.31. The van der Waals surface area contributed by atoms with Gasteiger partial charge in [-0.1, -0.05) is 42.5 Å². The Kier molecular flexibility index (Phi) is 6.14. The lowest BCUT2D eigenvalue weighted by atomic mass is 9.99. The lowest BCUT2D eigenvalue weighted by Crippen LogP contribution is -2.44. The fraction of sp³-hybridized carbons (Fsp3) is 0.318.